The van der Waals surface area contributed by atoms with Gasteiger partial charge in [-0.25, -0.2) is 4.39 Å². The molecule has 2 fully saturated rings. The maximum absolute atomic E-state index is 13.9. The lowest BCUT2D eigenvalue weighted by molar-refractivity contribution is -0.143. The number of halogens is 1. The summed E-state index contributed by atoms with van der Waals surface area (Å²) in [6.07, 6.45) is 4.74. The Labute approximate surface area is 237 Å². The summed E-state index contributed by atoms with van der Waals surface area (Å²) in [7, 11) is 0. The molecule has 2 aromatic carbocycles. The lowest BCUT2D eigenvalue weighted by atomic mass is 10.00. The summed E-state index contributed by atoms with van der Waals surface area (Å²) in [5.74, 6) is -2.27. The second-order valence-corrected chi connectivity index (χ2v) is 10.5. The number of aromatic nitrogens is 1. The normalized spacial score (nSPS) is 23.5. The van der Waals surface area contributed by atoms with Gasteiger partial charge in [-0.15, -0.1) is 0 Å². The molecule has 2 saturated heterocycles. The van der Waals surface area contributed by atoms with Crippen molar-refractivity contribution in [3.05, 3.63) is 102 Å². The highest BCUT2D eigenvalue weighted by molar-refractivity contribution is 5.98. The van der Waals surface area contributed by atoms with Gasteiger partial charge in [0.2, 0.25) is 23.6 Å². The molecule has 2 aliphatic heterocycles. The molecule has 1 aromatic heterocycles. The Morgan fingerprint density at radius 3 is 1.95 bits per heavy atom. The van der Waals surface area contributed by atoms with Crippen molar-refractivity contribution in [2.75, 3.05) is 6.54 Å². The highest BCUT2D eigenvalue weighted by atomic mass is 19.1. The molecule has 0 saturated carbocycles. The average Bonchev–Trinajstić information content (AvgIpc) is 3.48. The van der Waals surface area contributed by atoms with Gasteiger partial charge in [-0.2, -0.15) is 0 Å². The number of hydrogen-bond donors (Lipinski definition) is 3. The Hall–Kier alpha value is -4.60. The summed E-state index contributed by atoms with van der Waals surface area (Å²) >= 11 is 0. The fourth-order valence-electron chi connectivity index (χ4n) is 5.39. The first-order valence-electron chi connectivity index (χ1n) is 13.8. The Balaban J connectivity index is 1.49. The number of nitrogens with one attached hydrogen (secondary N) is 3. The topological polar surface area (TPSA) is 120 Å². The zero-order chi connectivity index (χ0) is 28.8. The van der Waals surface area contributed by atoms with E-state index in [1.54, 1.807) is 30.6 Å². The fourth-order valence-corrected chi connectivity index (χ4v) is 5.39. The van der Waals surface area contributed by atoms with Crippen molar-refractivity contribution in [1.29, 1.82) is 0 Å². The van der Waals surface area contributed by atoms with Gasteiger partial charge in [0, 0.05) is 38.2 Å². The molecule has 3 aromatic rings. The number of rotatable bonds is 6. The summed E-state index contributed by atoms with van der Waals surface area (Å²) < 4.78 is 13.6. The maximum atomic E-state index is 13.9. The molecule has 9 nitrogen and oxygen atoms in total. The molecule has 4 atom stereocenters. The Kier molecular flexibility index (Phi) is 8.67. The Morgan fingerprint density at radius 2 is 1.29 bits per heavy atom. The van der Waals surface area contributed by atoms with Gasteiger partial charge in [-0.1, -0.05) is 48.5 Å². The van der Waals surface area contributed by atoms with E-state index < -0.39 is 47.7 Å². The molecule has 5 rings (SSSR count). The lowest BCUT2D eigenvalue weighted by Crippen LogP contribution is -2.62. The van der Waals surface area contributed by atoms with E-state index in [0.717, 1.165) is 11.1 Å². The van der Waals surface area contributed by atoms with E-state index in [1.807, 2.05) is 36.4 Å². The molecule has 0 spiro atoms. The number of hydrogen-bond acceptors (Lipinski definition) is 5. The number of carbonyl (C=O) groups excluding carboxylic acids is 4. The number of fused-ring (bicyclic) bond motifs is 1. The van der Waals surface area contributed by atoms with E-state index >= 15 is 0 Å². The number of pyridine rings is 1. The summed E-state index contributed by atoms with van der Waals surface area (Å²) in [5.41, 5.74) is 2.19. The van der Waals surface area contributed by atoms with Crippen LogP contribution in [0.5, 0.6) is 0 Å². The summed E-state index contributed by atoms with van der Waals surface area (Å²) in [5, 5.41) is 8.51. The van der Waals surface area contributed by atoms with Crippen LogP contribution < -0.4 is 16.0 Å². The third-order valence-electron chi connectivity index (χ3n) is 7.52. The summed E-state index contributed by atoms with van der Waals surface area (Å²) in [6.45, 7) is 0.366. The van der Waals surface area contributed by atoms with Gasteiger partial charge in [0.25, 0.3) is 0 Å². The number of carbonyl (C=O) groups is 4. The first-order chi connectivity index (χ1) is 19.9. The van der Waals surface area contributed by atoms with E-state index in [4.69, 9.17) is 0 Å². The SMILES string of the molecule is O=C1N[C@H](Cc2ccc(F)cc2)C(=O)N[C@@H](Cc2cccnc2)C(=O)N2CCC[C@@H]2C(=O)N[C@H]1Cc1ccccc1. The Bertz CT molecular complexity index is 1390. The van der Waals surface area contributed by atoms with Crippen LogP contribution >= 0.6 is 0 Å². The molecule has 0 unspecified atom stereocenters. The van der Waals surface area contributed by atoms with E-state index in [-0.39, 0.29) is 25.2 Å². The van der Waals surface area contributed by atoms with Gasteiger partial charge in [0.15, 0.2) is 0 Å². The lowest BCUT2D eigenvalue weighted by Gasteiger charge is -2.32. The van der Waals surface area contributed by atoms with E-state index in [2.05, 4.69) is 20.9 Å². The van der Waals surface area contributed by atoms with Crippen molar-refractivity contribution in [1.82, 2.24) is 25.8 Å². The van der Waals surface area contributed by atoms with Gasteiger partial charge in [-0.3, -0.25) is 24.2 Å². The van der Waals surface area contributed by atoms with Crippen LogP contribution in [0.2, 0.25) is 0 Å². The van der Waals surface area contributed by atoms with Crippen LogP contribution in [0.1, 0.15) is 29.5 Å². The number of benzene rings is 2. The van der Waals surface area contributed by atoms with Crippen LogP contribution in [0.15, 0.2) is 79.1 Å². The van der Waals surface area contributed by atoms with Gasteiger partial charge >= 0.3 is 0 Å². The largest absolute Gasteiger partial charge is 0.342 e. The van der Waals surface area contributed by atoms with Gasteiger partial charge < -0.3 is 20.9 Å². The monoisotopic (exact) mass is 557 g/mol. The predicted molar refractivity (Wildman–Crippen MR) is 149 cm³/mol. The minimum Gasteiger partial charge on any atom is -0.342 e. The molecular weight excluding hydrogens is 525 g/mol. The highest BCUT2D eigenvalue weighted by Gasteiger charge is 2.40. The first kappa shape index (κ1) is 27.9. The molecule has 0 aliphatic carbocycles. The van der Waals surface area contributed by atoms with Crippen molar-refractivity contribution < 1.29 is 23.6 Å². The smallest absolute Gasteiger partial charge is 0.246 e. The number of amides is 4. The predicted octanol–water partition coefficient (Wildman–Crippen LogP) is 1.71. The third-order valence-corrected chi connectivity index (χ3v) is 7.52. The van der Waals surface area contributed by atoms with Crippen LogP contribution in [0.3, 0.4) is 0 Å². The van der Waals surface area contributed by atoms with Crippen LogP contribution in [-0.4, -0.2) is 64.2 Å². The zero-order valence-electron chi connectivity index (χ0n) is 22.5. The van der Waals surface area contributed by atoms with Crippen molar-refractivity contribution in [2.24, 2.45) is 0 Å². The van der Waals surface area contributed by atoms with E-state index in [9.17, 15) is 23.6 Å². The highest BCUT2D eigenvalue weighted by Crippen LogP contribution is 2.21. The second-order valence-electron chi connectivity index (χ2n) is 10.5. The first-order valence-corrected chi connectivity index (χ1v) is 13.8. The molecule has 2 aliphatic rings. The quantitative estimate of drug-likeness (QED) is 0.426. The molecule has 0 radical (unpaired) electrons. The molecule has 4 amide bonds. The van der Waals surface area contributed by atoms with Crippen LogP contribution in [-0.2, 0) is 38.4 Å². The van der Waals surface area contributed by atoms with Crippen molar-refractivity contribution in [3.8, 4) is 0 Å². The number of nitrogens with zero attached hydrogens (tertiary/aromatic N) is 2. The molecular formula is C31H32FN5O4. The Morgan fingerprint density at radius 1 is 0.707 bits per heavy atom. The van der Waals surface area contributed by atoms with Gasteiger partial charge in [-0.05, 0) is 47.7 Å². The minimum absolute atomic E-state index is 0.0595. The average molecular weight is 558 g/mol. The zero-order valence-corrected chi connectivity index (χ0v) is 22.5. The standard InChI is InChI=1S/C31H32FN5O4/c32-23-12-10-21(11-13-23)17-24-29(39)36-26(18-22-8-4-14-33-19-22)31(41)37-15-5-9-27(37)30(40)35-25(28(38)34-24)16-20-6-2-1-3-7-20/h1-4,6-8,10-14,19,24-27H,5,9,15-18H2,(H,34,38)(H,35,40)(H,36,39)/t24-,25+,26+,27-/m1/s1. The molecule has 3 N–H and O–H groups in total. The second kappa shape index (κ2) is 12.7. The fraction of sp³-hybridized carbons (Fsp3) is 0.323. The van der Waals surface area contributed by atoms with Gasteiger partial charge in [0.05, 0.1) is 0 Å². The maximum Gasteiger partial charge on any atom is 0.246 e. The van der Waals surface area contributed by atoms with E-state index in [0.29, 0.717) is 24.9 Å². The molecule has 10 heteroatoms. The van der Waals surface area contributed by atoms with Crippen molar-refractivity contribution in [3.63, 3.8) is 0 Å². The van der Waals surface area contributed by atoms with E-state index in [1.165, 1.54) is 17.0 Å². The molecule has 212 valence electrons. The molecule has 3 heterocycles. The summed E-state index contributed by atoms with van der Waals surface area (Å²) in [6, 6.07) is 14.7. The summed E-state index contributed by atoms with van der Waals surface area (Å²) in [4.78, 5) is 60.4. The molecule has 41 heavy (non-hydrogen) atoms. The minimum atomic E-state index is -1.08. The third kappa shape index (κ3) is 6.95. The molecule has 0 bridgehead atoms. The van der Waals surface area contributed by atoms with Crippen LogP contribution in [0.4, 0.5) is 4.39 Å². The van der Waals surface area contributed by atoms with Crippen LogP contribution in [0, 0.1) is 5.82 Å². The van der Waals surface area contributed by atoms with Gasteiger partial charge in [0.1, 0.15) is 30.0 Å². The van der Waals surface area contributed by atoms with Crippen molar-refractivity contribution >= 4 is 23.6 Å². The van der Waals surface area contributed by atoms with Crippen molar-refractivity contribution in [2.45, 2.75) is 56.3 Å². The van der Waals surface area contributed by atoms with Crippen LogP contribution in [0.25, 0.3) is 0 Å².